The van der Waals surface area contributed by atoms with Crippen LogP contribution in [0.1, 0.15) is 41.5 Å². The fraction of sp³-hybridized carbons (Fsp3) is 0.480. The fourth-order valence-electron chi connectivity index (χ4n) is 5.30. The van der Waals surface area contributed by atoms with E-state index in [2.05, 4.69) is 56.7 Å². The first kappa shape index (κ1) is 22.6. The van der Waals surface area contributed by atoms with Crippen molar-refractivity contribution in [2.24, 2.45) is 5.73 Å². The summed E-state index contributed by atoms with van der Waals surface area (Å²) in [5, 5.41) is 2.81. The van der Waals surface area contributed by atoms with Gasteiger partial charge in [0.2, 0.25) is 0 Å². The molecule has 0 bridgehead atoms. The number of urea groups is 1. The fourth-order valence-corrected chi connectivity index (χ4v) is 5.30. The molecule has 0 aromatic carbocycles. The van der Waals surface area contributed by atoms with E-state index < -0.39 is 6.03 Å². The van der Waals surface area contributed by atoms with E-state index in [0.717, 1.165) is 68.3 Å². The summed E-state index contributed by atoms with van der Waals surface area (Å²) < 4.78 is 2.19. The Labute approximate surface area is 200 Å². The molecule has 5 rings (SSSR count). The van der Waals surface area contributed by atoms with Gasteiger partial charge in [0.05, 0.1) is 29.7 Å². The quantitative estimate of drug-likeness (QED) is 0.583. The van der Waals surface area contributed by atoms with E-state index >= 15 is 0 Å². The topological polar surface area (TPSA) is 95.0 Å². The van der Waals surface area contributed by atoms with Gasteiger partial charge in [-0.25, -0.2) is 9.78 Å². The van der Waals surface area contributed by atoms with E-state index in [0.29, 0.717) is 13.1 Å². The molecular formula is C25H34N8O. The van der Waals surface area contributed by atoms with Crippen LogP contribution in [0.2, 0.25) is 0 Å². The molecule has 0 unspecified atom stereocenters. The molecule has 3 aromatic rings. The number of likely N-dealkylation sites (N-methyl/N-ethyl adjacent to an activating group) is 1. The number of aryl methyl sites for hydroxylation is 1. The molecule has 1 fully saturated rings. The number of imidazole rings is 1. The van der Waals surface area contributed by atoms with Gasteiger partial charge in [0.25, 0.3) is 0 Å². The van der Waals surface area contributed by atoms with Crippen LogP contribution in [0, 0.1) is 0 Å². The number of anilines is 1. The maximum absolute atomic E-state index is 11.6. The number of nitrogens with zero attached hydrogens (tertiary/aromatic N) is 6. The van der Waals surface area contributed by atoms with E-state index in [4.69, 9.17) is 15.7 Å². The molecule has 1 aliphatic heterocycles. The number of fused-ring (bicyclic) bond motifs is 2. The van der Waals surface area contributed by atoms with Crippen molar-refractivity contribution >= 4 is 17.5 Å². The van der Waals surface area contributed by atoms with Crippen LogP contribution < -0.4 is 16.0 Å². The Morgan fingerprint density at radius 1 is 1.21 bits per heavy atom. The molecule has 3 N–H and O–H groups in total. The Bertz CT molecular complexity index is 1170. The van der Waals surface area contributed by atoms with Crippen molar-refractivity contribution in [1.82, 2.24) is 29.5 Å². The lowest BCUT2D eigenvalue weighted by Crippen LogP contribution is -2.45. The van der Waals surface area contributed by atoms with Crippen molar-refractivity contribution < 1.29 is 4.79 Å². The van der Waals surface area contributed by atoms with Crippen LogP contribution in [0.5, 0.6) is 0 Å². The lowest BCUT2D eigenvalue weighted by Gasteiger charge is -2.34. The number of nitrogens with two attached hydrogens (primary N) is 1. The van der Waals surface area contributed by atoms with Gasteiger partial charge < -0.3 is 20.9 Å². The van der Waals surface area contributed by atoms with Crippen molar-refractivity contribution in [3.8, 4) is 0 Å². The zero-order valence-electron chi connectivity index (χ0n) is 20.1. The summed E-state index contributed by atoms with van der Waals surface area (Å²) in [6.45, 7) is 4.95. The van der Waals surface area contributed by atoms with E-state index in [9.17, 15) is 4.79 Å². The summed E-state index contributed by atoms with van der Waals surface area (Å²) in [5.41, 5.74) is 10.8. The van der Waals surface area contributed by atoms with Crippen LogP contribution in [0.15, 0.2) is 36.5 Å². The molecule has 2 amide bonds. The number of nitrogens with one attached hydrogen (secondary N) is 1. The summed E-state index contributed by atoms with van der Waals surface area (Å²) in [4.78, 5) is 28.4. The summed E-state index contributed by atoms with van der Waals surface area (Å²) in [5.74, 6) is 1.11. The second kappa shape index (κ2) is 9.60. The zero-order chi connectivity index (χ0) is 23.7. The number of aromatic nitrogens is 3. The normalized spacial score (nSPS) is 18.9. The number of hydrogen-bond donors (Lipinski definition) is 2. The minimum Gasteiger partial charge on any atom is -0.355 e. The lowest BCUT2D eigenvalue weighted by atomic mass is 9.91. The monoisotopic (exact) mass is 462 g/mol. The molecule has 0 saturated carbocycles. The highest BCUT2D eigenvalue weighted by Crippen LogP contribution is 2.33. The van der Waals surface area contributed by atoms with E-state index in [-0.39, 0.29) is 6.04 Å². The average molecular weight is 463 g/mol. The minimum atomic E-state index is -0.531. The van der Waals surface area contributed by atoms with Crippen LogP contribution in [-0.4, -0.2) is 70.5 Å². The Kier molecular flexibility index (Phi) is 6.38. The largest absolute Gasteiger partial charge is 0.355 e. The Balaban J connectivity index is 1.50. The zero-order valence-corrected chi connectivity index (χ0v) is 20.1. The molecule has 1 atom stereocenters. The summed E-state index contributed by atoms with van der Waals surface area (Å²) in [7, 11) is 4.30. The Hall–Kier alpha value is -3.17. The molecule has 2 aliphatic rings. The number of hydrogen-bond acceptors (Lipinski definition) is 6. The predicted molar refractivity (Wildman–Crippen MR) is 133 cm³/mol. The van der Waals surface area contributed by atoms with Gasteiger partial charge in [-0.15, -0.1) is 0 Å². The van der Waals surface area contributed by atoms with Crippen LogP contribution in [-0.2, 0) is 19.5 Å². The van der Waals surface area contributed by atoms with Gasteiger partial charge in [0.1, 0.15) is 11.5 Å². The summed E-state index contributed by atoms with van der Waals surface area (Å²) in [6, 6.07) is 10.2. The summed E-state index contributed by atoms with van der Waals surface area (Å²) >= 11 is 0. The van der Waals surface area contributed by atoms with Crippen molar-refractivity contribution in [2.75, 3.05) is 45.2 Å². The molecular weight excluding hydrogens is 428 g/mol. The highest BCUT2D eigenvalue weighted by molar-refractivity contribution is 5.71. The summed E-state index contributed by atoms with van der Waals surface area (Å²) in [6.07, 6.45) is 5.21. The molecule has 9 heteroatoms. The van der Waals surface area contributed by atoms with Crippen LogP contribution in [0.3, 0.4) is 0 Å². The van der Waals surface area contributed by atoms with E-state index in [1.165, 1.54) is 11.3 Å². The number of carbonyl (C=O) groups excluding carboxylic acids is 1. The SMILES string of the molecule is CN1CCN(c2cccc3nc(CN(C)[C@H]4CCCc5cccnc54)c(CNC(N)=O)n23)CC1. The Morgan fingerprint density at radius 3 is 2.82 bits per heavy atom. The third-order valence-corrected chi connectivity index (χ3v) is 7.16. The third-order valence-electron chi connectivity index (χ3n) is 7.16. The van der Waals surface area contributed by atoms with Crippen molar-refractivity contribution in [3.05, 3.63) is 59.2 Å². The number of piperazine rings is 1. The molecule has 9 nitrogen and oxygen atoms in total. The van der Waals surface area contributed by atoms with Crippen molar-refractivity contribution in [2.45, 2.75) is 38.4 Å². The number of carbonyl (C=O) groups is 1. The molecule has 1 aliphatic carbocycles. The highest BCUT2D eigenvalue weighted by atomic mass is 16.2. The van der Waals surface area contributed by atoms with Crippen LogP contribution in [0.25, 0.3) is 5.65 Å². The maximum Gasteiger partial charge on any atom is 0.312 e. The second-order valence-corrected chi connectivity index (χ2v) is 9.46. The van der Waals surface area contributed by atoms with Gasteiger partial charge in [0.15, 0.2) is 0 Å². The molecule has 3 aromatic heterocycles. The molecule has 34 heavy (non-hydrogen) atoms. The van der Waals surface area contributed by atoms with Gasteiger partial charge in [-0.05, 0) is 57.1 Å². The lowest BCUT2D eigenvalue weighted by molar-refractivity contribution is 0.206. The Morgan fingerprint density at radius 2 is 2.03 bits per heavy atom. The number of primary amides is 1. The minimum absolute atomic E-state index is 0.254. The number of pyridine rings is 2. The van der Waals surface area contributed by atoms with Gasteiger partial charge >= 0.3 is 6.03 Å². The standard InChI is InChI=1S/C25H34N8O/c1-30-12-14-32(15-13-30)23-10-4-9-22-29-19(21(33(22)23)16-28-25(26)34)17-31(2)20-8-3-6-18-7-5-11-27-24(18)20/h4-5,7,9-11,20H,3,6,8,12-17H2,1-2H3,(H3,26,28,34)/t20-/m0/s1. The second-order valence-electron chi connectivity index (χ2n) is 9.46. The van der Waals surface area contributed by atoms with Crippen molar-refractivity contribution in [1.29, 1.82) is 0 Å². The van der Waals surface area contributed by atoms with Crippen LogP contribution in [0.4, 0.5) is 10.6 Å². The predicted octanol–water partition coefficient (Wildman–Crippen LogP) is 2.16. The van der Waals surface area contributed by atoms with E-state index in [1.807, 2.05) is 18.3 Å². The first-order chi connectivity index (χ1) is 16.5. The average Bonchev–Trinajstić information content (AvgIpc) is 3.19. The molecule has 1 saturated heterocycles. The first-order valence-corrected chi connectivity index (χ1v) is 12.1. The first-order valence-electron chi connectivity index (χ1n) is 12.1. The molecule has 0 radical (unpaired) electrons. The van der Waals surface area contributed by atoms with Gasteiger partial charge in [0, 0.05) is 38.9 Å². The molecule has 180 valence electrons. The molecule has 0 spiro atoms. The maximum atomic E-state index is 11.6. The number of rotatable bonds is 6. The van der Waals surface area contributed by atoms with E-state index in [1.54, 1.807) is 0 Å². The van der Waals surface area contributed by atoms with Gasteiger partial charge in [-0.3, -0.25) is 14.3 Å². The van der Waals surface area contributed by atoms with Crippen LogP contribution >= 0.6 is 0 Å². The van der Waals surface area contributed by atoms with Gasteiger partial charge in [-0.1, -0.05) is 12.1 Å². The van der Waals surface area contributed by atoms with Crippen molar-refractivity contribution in [3.63, 3.8) is 0 Å². The highest BCUT2D eigenvalue weighted by Gasteiger charge is 2.27. The van der Waals surface area contributed by atoms with Gasteiger partial charge in [-0.2, -0.15) is 0 Å². The smallest absolute Gasteiger partial charge is 0.312 e. The number of amides is 2. The molecule has 4 heterocycles. The third kappa shape index (κ3) is 4.45.